The molecular formula is C11H22N2O2S. The first kappa shape index (κ1) is 13.7. The van der Waals surface area contributed by atoms with Gasteiger partial charge in [-0.15, -0.1) is 0 Å². The van der Waals surface area contributed by atoms with Crippen LogP contribution in [0, 0.1) is 5.92 Å². The largest absolute Gasteiger partial charge is 0.378 e. The quantitative estimate of drug-likeness (QED) is 0.706. The molecule has 0 aliphatic carbocycles. The second kappa shape index (κ2) is 6.37. The van der Waals surface area contributed by atoms with Crippen LogP contribution in [0.2, 0.25) is 0 Å². The Hall–Kier alpha value is -0.390. The zero-order valence-electron chi connectivity index (χ0n) is 10.3. The van der Waals surface area contributed by atoms with E-state index >= 15 is 0 Å². The Morgan fingerprint density at radius 3 is 2.75 bits per heavy atom. The lowest BCUT2D eigenvalue weighted by Gasteiger charge is -2.26. The Kier molecular flexibility index (Phi) is 5.44. The van der Waals surface area contributed by atoms with Gasteiger partial charge in [0.25, 0.3) is 0 Å². The van der Waals surface area contributed by atoms with Crippen molar-refractivity contribution in [3.63, 3.8) is 0 Å². The molecule has 0 radical (unpaired) electrons. The van der Waals surface area contributed by atoms with Gasteiger partial charge in [-0.2, -0.15) is 0 Å². The average molecular weight is 246 g/mol. The molecule has 1 fully saturated rings. The first-order chi connectivity index (χ1) is 7.58. The number of thiocarbonyl (C=S) groups is 1. The first-order valence-electron chi connectivity index (χ1n) is 5.72. The minimum absolute atomic E-state index is 0.205. The Labute approximate surface area is 103 Å². The van der Waals surface area contributed by atoms with Gasteiger partial charge < -0.3 is 20.1 Å². The molecule has 1 aliphatic heterocycles. The van der Waals surface area contributed by atoms with Crippen molar-refractivity contribution in [2.24, 2.45) is 5.92 Å². The molecule has 0 saturated carbocycles. The number of ether oxygens (including phenoxy) is 2. The van der Waals surface area contributed by atoms with Gasteiger partial charge in [-0.05, 0) is 18.1 Å². The molecule has 4 nitrogen and oxygen atoms in total. The molecule has 1 heterocycles. The third-order valence-electron chi connectivity index (χ3n) is 2.74. The summed E-state index contributed by atoms with van der Waals surface area (Å²) < 4.78 is 10.9. The van der Waals surface area contributed by atoms with E-state index < -0.39 is 0 Å². The summed E-state index contributed by atoms with van der Waals surface area (Å²) in [4.78, 5) is 0. The standard InChI is InChI=1S/C11H22N2O2S/c1-9(2)6-12-10(16)13-7-11(14-3)4-5-15-8-11/h9H,4-8H2,1-3H3,(H2,12,13,16). The predicted molar refractivity (Wildman–Crippen MR) is 68.6 cm³/mol. The lowest BCUT2D eigenvalue weighted by Crippen LogP contribution is -2.48. The fourth-order valence-corrected chi connectivity index (χ4v) is 1.72. The van der Waals surface area contributed by atoms with E-state index in [-0.39, 0.29) is 5.60 Å². The van der Waals surface area contributed by atoms with Gasteiger partial charge in [0.05, 0.1) is 6.61 Å². The smallest absolute Gasteiger partial charge is 0.166 e. The van der Waals surface area contributed by atoms with Crippen LogP contribution in [0.3, 0.4) is 0 Å². The number of hydrogen-bond acceptors (Lipinski definition) is 3. The minimum atomic E-state index is -0.205. The van der Waals surface area contributed by atoms with E-state index in [0.29, 0.717) is 24.2 Å². The molecule has 1 rings (SSSR count). The summed E-state index contributed by atoms with van der Waals surface area (Å²) >= 11 is 5.19. The predicted octanol–water partition coefficient (Wildman–Crippen LogP) is 0.912. The Morgan fingerprint density at radius 2 is 2.25 bits per heavy atom. The molecule has 5 heteroatoms. The Bertz CT molecular complexity index is 228. The molecule has 0 amide bonds. The van der Waals surface area contributed by atoms with Gasteiger partial charge in [-0.1, -0.05) is 13.8 Å². The SMILES string of the molecule is COC1(CNC(=S)NCC(C)C)CCOC1. The minimum Gasteiger partial charge on any atom is -0.378 e. The molecule has 94 valence electrons. The second-order valence-corrected chi connectivity index (χ2v) is 5.06. The summed E-state index contributed by atoms with van der Waals surface area (Å²) in [7, 11) is 1.72. The van der Waals surface area contributed by atoms with Crippen LogP contribution in [0.25, 0.3) is 0 Å². The van der Waals surface area contributed by atoms with Crippen molar-refractivity contribution in [1.29, 1.82) is 0 Å². The third-order valence-corrected chi connectivity index (χ3v) is 3.03. The molecule has 0 aromatic rings. The fraction of sp³-hybridized carbons (Fsp3) is 0.909. The summed E-state index contributed by atoms with van der Waals surface area (Å²) in [6.45, 7) is 7.30. The van der Waals surface area contributed by atoms with Gasteiger partial charge in [0, 0.05) is 33.2 Å². The zero-order valence-corrected chi connectivity index (χ0v) is 11.2. The second-order valence-electron chi connectivity index (χ2n) is 4.65. The van der Waals surface area contributed by atoms with Gasteiger partial charge in [0.15, 0.2) is 5.11 Å². The van der Waals surface area contributed by atoms with E-state index in [1.54, 1.807) is 7.11 Å². The lowest BCUT2D eigenvalue weighted by atomic mass is 10.0. The highest BCUT2D eigenvalue weighted by Crippen LogP contribution is 2.21. The van der Waals surface area contributed by atoms with Crippen LogP contribution in [-0.2, 0) is 9.47 Å². The third kappa shape index (κ3) is 4.23. The summed E-state index contributed by atoms with van der Waals surface area (Å²) in [5, 5.41) is 7.05. The number of methoxy groups -OCH3 is 1. The summed E-state index contributed by atoms with van der Waals surface area (Å²) in [5.41, 5.74) is -0.205. The monoisotopic (exact) mass is 246 g/mol. The number of rotatable bonds is 5. The van der Waals surface area contributed by atoms with Crippen LogP contribution in [0.15, 0.2) is 0 Å². The van der Waals surface area contributed by atoms with Gasteiger partial charge in [-0.25, -0.2) is 0 Å². The van der Waals surface area contributed by atoms with E-state index in [1.807, 2.05) is 0 Å². The molecular weight excluding hydrogens is 224 g/mol. The van der Waals surface area contributed by atoms with Crippen molar-refractivity contribution in [1.82, 2.24) is 10.6 Å². The van der Waals surface area contributed by atoms with Crippen LogP contribution in [0.1, 0.15) is 20.3 Å². The van der Waals surface area contributed by atoms with E-state index in [1.165, 1.54) is 0 Å². The van der Waals surface area contributed by atoms with Gasteiger partial charge in [0.2, 0.25) is 0 Å². The van der Waals surface area contributed by atoms with Gasteiger partial charge >= 0.3 is 0 Å². The van der Waals surface area contributed by atoms with Gasteiger partial charge in [0.1, 0.15) is 5.60 Å². The molecule has 0 bridgehead atoms. The van der Waals surface area contributed by atoms with Crippen molar-refractivity contribution >= 4 is 17.3 Å². The highest BCUT2D eigenvalue weighted by atomic mass is 32.1. The van der Waals surface area contributed by atoms with Crippen LogP contribution in [0.4, 0.5) is 0 Å². The molecule has 0 aromatic carbocycles. The van der Waals surface area contributed by atoms with Crippen molar-refractivity contribution in [2.45, 2.75) is 25.9 Å². The molecule has 2 N–H and O–H groups in total. The van der Waals surface area contributed by atoms with Crippen LogP contribution < -0.4 is 10.6 Å². The number of hydrogen-bond donors (Lipinski definition) is 2. The van der Waals surface area contributed by atoms with E-state index in [9.17, 15) is 0 Å². The van der Waals surface area contributed by atoms with Crippen molar-refractivity contribution in [2.75, 3.05) is 33.4 Å². The summed E-state index contributed by atoms with van der Waals surface area (Å²) in [6.07, 6.45) is 0.920. The van der Waals surface area contributed by atoms with Crippen molar-refractivity contribution in [3.8, 4) is 0 Å². The highest BCUT2D eigenvalue weighted by Gasteiger charge is 2.34. The molecule has 1 atom stereocenters. The van der Waals surface area contributed by atoms with E-state index in [0.717, 1.165) is 19.6 Å². The summed E-state index contributed by atoms with van der Waals surface area (Å²) in [6, 6.07) is 0. The maximum atomic E-state index is 5.50. The molecule has 1 unspecified atom stereocenters. The number of nitrogens with one attached hydrogen (secondary N) is 2. The van der Waals surface area contributed by atoms with Crippen LogP contribution >= 0.6 is 12.2 Å². The first-order valence-corrected chi connectivity index (χ1v) is 6.13. The summed E-state index contributed by atoms with van der Waals surface area (Å²) in [5.74, 6) is 0.589. The zero-order chi connectivity index (χ0) is 12.0. The van der Waals surface area contributed by atoms with Gasteiger partial charge in [-0.3, -0.25) is 0 Å². The maximum Gasteiger partial charge on any atom is 0.166 e. The normalized spacial score (nSPS) is 24.8. The fourth-order valence-electron chi connectivity index (χ4n) is 1.56. The molecule has 0 aromatic heterocycles. The molecule has 16 heavy (non-hydrogen) atoms. The van der Waals surface area contributed by atoms with E-state index in [4.69, 9.17) is 21.7 Å². The maximum absolute atomic E-state index is 5.50. The topological polar surface area (TPSA) is 42.5 Å². The molecule has 1 saturated heterocycles. The molecule has 0 spiro atoms. The van der Waals surface area contributed by atoms with Crippen LogP contribution in [-0.4, -0.2) is 44.1 Å². The van der Waals surface area contributed by atoms with Crippen molar-refractivity contribution < 1.29 is 9.47 Å². The average Bonchev–Trinajstić information content (AvgIpc) is 2.73. The van der Waals surface area contributed by atoms with E-state index in [2.05, 4.69) is 24.5 Å². The van der Waals surface area contributed by atoms with Crippen LogP contribution in [0.5, 0.6) is 0 Å². The Morgan fingerprint density at radius 1 is 1.50 bits per heavy atom. The Balaban J connectivity index is 2.24. The molecule has 1 aliphatic rings. The lowest BCUT2D eigenvalue weighted by molar-refractivity contribution is -0.0126. The highest BCUT2D eigenvalue weighted by molar-refractivity contribution is 7.80. The van der Waals surface area contributed by atoms with Crippen molar-refractivity contribution in [3.05, 3.63) is 0 Å².